The van der Waals surface area contributed by atoms with Crippen LogP contribution in [0.2, 0.25) is 0 Å². The molecule has 0 radical (unpaired) electrons. The fraction of sp³-hybridized carbons (Fsp3) is 0.150. The van der Waals surface area contributed by atoms with E-state index in [1.54, 1.807) is 6.92 Å². The summed E-state index contributed by atoms with van der Waals surface area (Å²) < 4.78 is 5.38. The van der Waals surface area contributed by atoms with Crippen LogP contribution in [0.25, 0.3) is 11.0 Å². The van der Waals surface area contributed by atoms with E-state index in [1.807, 2.05) is 5.92 Å². The number of benzene rings is 1. The zero-order chi connectivity index (χ0) is 22.3. The molecule has 1 aromatic heterocycles. The molecule has 1 amide bonds. The predicted octanol–water partition coefficient (Wildman–Crippen LogP) is 1.56. The van der Waals surface area contributed by atoms with Crippen LogP contribution in [-0.2, 0) is 0 Å². The molecule has 0 atom stereocenters. The fourth-order valence-corrected chi connectivity index (χ4v) is 2.61. The molecular formula is C20H19N3O6S. The number of carbonyl (C=O) groups excluding carboxylic acids is 1. The van der Waals surface area contributed by atoms with Gasteiger partial charge in [-0.2, -0.15) is 0 Å². The van der Waals surface area contributed by atoms with Crippen LogP contribution in [0.1, 0.15) is 17.5 Å². The van der Waals surface area contributed by atoms with E-state index in [1.165, 1.54) is 24.3 Å². The van der Waals surface area contributed by atoms with Crippen molar-refractivity contribution in [2.45, 2.75) is 6.92 Å². The molecule has 1 aromatic carbocycles. The highest BCUT2D eigenvalue weighted by Crippen LogP contribution is 2.21. The van der Waals surface area contributed by atoms with Crippen LogP contribution in [0.3, 0.4) is 0 Å². The number of amides is 1. The Balaban J connectivity index is 1.87. The maximum Gasteiger partial charge on any atom is 0.287 e. The molecule has 0 aliphatic carbocycles. The second-order valence-electron chi connectivity index (χ2n) is 5.97. The highest BCUT2D eigenvalue weighted by Gasteiger charge is 2.13. The summed E-state index contributed by atoms with van der Waals surface area (Å²) in [5.74, 6) is -0.208. The molecule has 6 N–H and O–H groups in total. The van der Waals surface area contributed by atoms with E-state index < -0.39 is 22.9 Å². The molecule has 0 fully saturated rings. The van der Waals surface area contributed by atoms with Crippen molar-refractivity contribution in [2.24, 2.45) is 0 Å². The summed E-state index contributed by atoms with van der Waals surface area (Å²) >= 11 is 5.07. The van der Waals surface area contributed by atoms with Crippen molar-refractivity contribution in [3.05, 3.63) is 63.5 Å². The largest absolute Gasteiger partial charge is 0.507 e. The molecule has 0 aliphatic heterocycles. The van der Waals surface area contributed by atoms with Gasteiger partial charge in [-0.1, -0.05) is 6.07 Å². The number of aliphatic hydroxyl groups is 2. The van der Waals surface area contributed by atoms with Crippen LogP contribution < -0.4 is 21.4 Å². The number of aliphatic hydroxyl groups excluding tert-OH is 2. The van der Waals surface area contributed by atoms with Crippen LogP contribution in [0, 0.1) is 12.3 Å². The minimum absolute atomic E-state index is 0.00649. The maximum absolute atomic E-state index is 12.2. The highest BCUT2D eigenvalue weighted by atomic mass is 32.1. The Morgan fingerprint density at radius 3 is 2.70 bits per heavy atom. The van der Waals surface area contributed by atoms with Crippen molar-refractivity contribution >= 4 is 34.2 Å². The van der Waals surface area contributed by atoms with Gasteiger partial charge in [-0.15, -0.1) is 6.42 Å². The van der Waals surface area contributed by atoms with Gasteiger partial charge in [0, 0.05) is 30.9 Å². The first kappa shape index (κ1) is 22.3. The van der Waals surface area contributed by atoms with E-state index in [2.05, 4.69) is 16.0 Å². The Morgan fingerprint density at radius 1 is 1.30 bits per heavy atom. The second kappa shape index (κ2) is 9.99. The van der Waals surface area contributed by atoms with Crippen LogP contribution in [0.5, 0.6) is 5.75 Å². The van der Waals surface area contributed by atoms with Crippen molar-refractivity contribution in [3.8, 4) is 18.1 Å². The third-order valence-electron chi connectivity index (χ3n) is 3.70. The number of hydrogen-bond acceptors (Lipinski definition) is 7. The highest BCUT2D eigenvalue weighted by molar-refractivity contribution is 7.80. The second-order valence-corrected chi connectivity index (χ2v) is 6.38. The molecule has 2 aromatic rings. The molecule has 10 heteroatoms. The number of nitrogens with one attached hydrogen (secondary N) is 3. The van der Waals surface area contributed by atoms with E-state index >= 15 is 0 Å². The van der Waals surface area contributed by atoms with Gasteiger partial charge in [-0.05, 0) is 37.2 Å². The van der Waals surface area contributed by atoms with E-state index in [-0.39, 0.29) is 40.7 Å². The number of thiocarbonyl (C=S) groups is 1. The van der Waals surface area contributed by atoms with Gasteiger partial charge in [0.2, 0.25) is 5.76 Å². The molecule has 0 aliphatic rings. The van der Waals surface area contributed by atoms with Gasteiger partial charge in [-0.3, -0.25) is 9.59 Å². The summed E-state index contributed by atoms with van der Waals surface area (Å²) in [6, 6.07) is 5.34. The number of aromatic hydroxyl groups is 1. The lowest BCUT2D eigenvalue weighted by atomic mass is 10.2. The lowest BCUT2D eigenvalue weighted by Gasteiger charge is -2.11. The average molecular weight is 429 g/mol. The third kappa shape index (κ3) is 5.76. The number of allylic oxidation sites excluding steroid dienone is 3. The number of hydrogen-bond donors (Lipinski definition) is 6. The van der Waals surface area contributed by atoms with E-state index in [9.17, 15) is 24.9 Å². The molecule has 0 saturated carbocycles. The summed E-state index contributed by atoms with van der Waals surface area (Å²) in [6.45, 7) is 2.00. The van der Waals surface area contributed by atoms with Crippen LogP contribution in [0.4, 0.5) is 0 Å². The first-order chi connectivity index (χ1) is 14.2. The predicted molar refractivity (Wildman–Crippen MR) is 115 cm³/mol. The number of fused-ring (bicyclic) bond motifs is 1. The number of phenolic OH excluding ortho intramolecular Hbond substituents is 1. The van der Waals surface area contributed by atoms with Gasteiger partial charge in [0.25, 0.3) is 5.91 Å². The van der Waals surface area contributed by atoms with Crippen molar-refractivity contribution in [2.75, 3.05) is 13.1 Å². The zero-order valence-electron chi connectivity index (χ0n) is 15.9. The minimum atomic E-state index is -0.603. The first-order valence-corrected chi connectivity index (χ1v) is 8.99. The number of terminal acetylenes is 1. The molecule has 9 nitrogen and oxygen atoms in total. The fourth-order valence-electron chi connectivity index (χ4n) is 2.35. The van der Waals surface area contributed by atoms with Gasteiger partial charge in [0.15, 0.2) is 22.1 Å². The normalized spacial score (nSPS) is 11.9. The summed E-state index contributed by atoms with van der Waals surface area (Å²) in [6.07, 6.45) is 6.16. The Hall–Kier alpha value is -3.97. The smallest absolute Gasteiger partial charge is 0.287 e. The molecular weight excluding hydrogens is 410 g/mol. The van der Waals surface area contributed by atoms with Crippen molar-refractivity contribution in [3.63, 3.8) is 0 Å². The molecule has 156 valence electrons. The molecule has 2 rings (SSSR count). The van der Waals surface area contributed by atoms with Crippen LogP contribution in [0.15, 0.2) is 56.8 Å². The van der Waals surface area contributed by atoms with Gasteiger partial charge in [-0.25, -0.2) is 0 Å². The number of phenols is 1. The van der Waals surface area contributed by atoms with Crippen molar-refractivity contribution < 1.29 is 24.5 Å². The summed E-state index contributed by atoms with van der Waals surface area (Å²) in [5, 5.41) is 36.8. The molecule has 30 heavy (non-hydrogen) atoms. The summed E-state index contributed by atoms with van der Waals surface area (Å²) in [4.78, 5) is 24.3. The minimum Gasteiger partial charge on any atom is -0.507 e. The van der Waals surface area contributed by atoms with Crippen LogP contribution in [-0.4, -0.2) is 39.4 Å². The zero-order valence-corrected chi connectivity index (χ0v) is 16.7. The summed E-state index contributed by atoms with van der Waals surface area (Å²) in [7, 11) is 0. The van der Waals surface area contributed by atoms with Crippen molar-refractivity contribution in [1.29, 1.82) is 0 Å². The Bertz CT molecular complexity index is 1140. The lowest BCUT2D eigenvalue weighted by Crippen LogP contribution is -2.39. The molecule has 0 unspecified atom stereocenters. The Morgan fingerprint density at radius 2 is 2.00 bits per heavy atom. The van der Waals surface area contributed by atoms with Gasteiger partial charge in [0.05, 0.1) is 0 Å². The third-order valence-corrected chi connectivity index (χ3v) is 3.94. The summed E-state index contributed by atoms with van der Waals surface area (Å²) in [5.41, 5.74) is -0.0120. The topological polar surface area (TPSA) is 144 Å². The first-order valence-electron chi connectivity index (χ1n) is 8.59. The number of carbonyl (C=O) groups is 1. The lowest BCUT2D eigenvalue weighted by molar-refractivity contribution is 0.0927. The molecule has 0 spiro atoms. The Labute approximate surface area is 176 Å². The van der Waals surface area contributed by atoms with Crippen molar-refractivity contribution in [1.82, 2.24) is 16.0 Å². The standard InChI is InChI=1S/C20H19N3O6S/c1-3-12(24)14(26)9-11(2)23-20(30)22-8-7-21-19(28)17-10-15(27)18-13(25)5-4-6-16(18)29-17/h1,4-6,9-10,24-26H,7-8H2,2H3,(H,21,28)(H2,22,23,30)/b11-9+,14-12-. The van der Waals surface area contributed by atoms with Gasteiger partial charge < -0.3 is 35.7 Å². The monoisotopic (exact) mass is 429 g/mol. The van der Waals surface area contributed by atoms with Crippen LogP contribution >= 0.6 is 12.2 Å². The van der Waals surface area contributed by atoms with E-state index in [4.69, 9.17) is 23.1 Å². The van der Waals surface area contributed by atoms with E-state index in [0.717, 1.165) is 6.07 Å². The molecule has 0 bridgehead atoms. The SMILES string of the molecule is C#C/C(O)=C(O)\C=C(/C)NC(=S)NCCNC(=O)c1cc(=O)c2c(O)cccc2o1. The average Bonchev–Trinajstić information content (AvgIpc) is 2.69. The Kier molecular flexibility index (Phi) is 7.44. The van der Waals surface area contributed by atoms with Gasteiger partial charge >= 0.3 is 0 Å². The molecule has 0 saturated heterocycles. The quantitative estimate of drug-likeness (QED) is 0.132. The number of rotatable bonds is 6. The van der Waals surface area contributed by atoms with E-state index in [0.29, 0.717) is 5.70 Å². The van der Waals surface area contributed by atoms with Gasteiger partial charge in [0.1, 0.15) is 16.7 Å². The molecule has 1 heterocycles. The maximum atomic E-state index is 12.2.